The Hall–Kier alpha value is -1.59. The van der Waals surface area contributed by atoms with Gasteiger partial charge in [-0.1, -0.05) is 31.5 Å². The largest absolute Gasteiger partial charge is 0.235 e. The average molecular weight is 231 g/mol. The van der Waals surface area contributed by atoms with Crippen molar-refractivity contribution >= 4 is 22.5 Å². The Kier molecular flexibility index (Phi) is 2.80. The molecule has 0 N–H and O–H groups in total. The van der Waals surface area contributed by atoms with Crippen molar-refractivity contribution in [1.29, 1.82) is 5.26 Å². The standard InChI is InChI=1S/C13H11ClN2/c1-8(2)9-3-4-12-10(5-9)6-11(7-15)13(14)16-12/h3-6,8H,1-2H3. The molecule has 0 fully saturated rings. The van der Waals surface area contributed by atoms with Gasteiger partial charge in [-0.15, -0.1) is 0 Å². The van der Waals surface area contributed by atoms with E-state index in [0.717, 1.165) is 10.9 Å². The maximum Gasteiger partial charge on any atom is 0.147 e. The van der Waals surface area contributed by atoms with Crippen LogP contribution >= 0.6 is 11.6 Å². The van der Waals surface area contributed by atoms with E-state index in [1.165, 1.54) is 5.56 Å². The van der Waals surface area contributed by atoms with Gasteiger partial charge in [-0.3, -0.25) is 0 Å². The highest BCUT2D eigenvalue weighted by molar-refractivity contribution is 6.31. The second-order valence-electron chi connectivity index (χ2n) is 4.05. The summed E-state index contributed by atoms with van der Waals surface area (Å²) in [6.07, 6.45) is 0. The van der Waals surface area contributed by atoms with Gasteiger partial charge >= 0.3 is 0 Å². The van der Waals surface area contributed by atoms with Gasteiger partial charge in [0.2, 0.25) is 0 Å². The summed E-state index contributed by atoms with van der Waals surface area (Å²) in [5.74, 6) is 0.464. The number of nitriles is 1. The summed E-state index contributed by atoms with van der Waals surface area (Å²) >= 11 is 5.87. The number of pyridine rings is 1. The van der Waals surface area contributed by atoms with E-state index in [2.05, 4.69) is 24.9 Å². The Balaban J connectivity index is 2.69. The second-order valence-corrected chi connectivity index (χ2v) is 4.40. The van der Waals surface area contributed by atoms with E-state index in [4.69, 9.17) is 16.9 Å². The fourth-order valence-electron chi connectivity index (χ4n) is 1.61. The molecule has 0 aliphatic heterocycles. The summed E-state index contributed by atoms with van der Waals surface area (Å²) in [4.78, 5) is 4.19. The van der Waals surface area contributed by atoms with Crippen LogP contribution in [0, 0.1) is 11.3 Å². The van der Waals surface area contributed by atoms with Crippen LogP contribution in [0.25, 0.3) is 10.9 Å². The molecule has 0 spiro atoms. The predicted molar refractivity (Wildman–Crippen MR) is 65.6 cm³/mol. The third kappa shape index (κ3) is 1.87. The first kappa shape index (κ1) is 10.9. The van der Waals surface area contributed by atoms with Crippen LogP contribution in [0.4, 0.5) is 0 Å². The van der Waals surface area contributed by atoms with Crippen molar-refractivity contribution in [2.24, 2.45) is 0 Å². The van der Waals surface area contributed by atoms with Crippen molar-refractivity contribution in [3.05, 3.63) is 40.5 Å². The zero-order valence-corrected chi connectivity index (χ0v) is 9.92. The second kappa shape index (κ2) is 4.11. The lowest BCUT2D eigenvalue weighted by atomic mass is 10.0. The van der Waals surface area contributed by atoms with Crippen LogP contribution in [0.1, 0.15) is 30.9 Å². The fourth-order valence-corrected chi connectivity index (χ4v) is 1.80. The maximum atomic E-state index is 8.88. The molecule has 1 heterocycles. The van der Waals surface area contributed by atoms with Gasteiger partial charge < -0.3 is 0 Å². The summed E-state index contributed by atoms with van der Waals surface area (Å²) in [6, 6.07) is 9.88. The molecule has 1 aromatic heterocycles. The average Bonchev–Trinajstić information content (AvgIpc) is 2.27. The van der Waals surface area contributed by atoms with Crippen molar-refractivity contribution in [1.82, 2.24) is 4.98 Å². The van der Waals surface area contributed by atoms with Gasteiger partial charge in [0.1, 0.15) is 11.2 Å². The molecule has 0 saturated carbocycles. The van der Waals surface area contributed by atoms with Crippen LogP contribution in [0.15, 0.2) is 24.3 Å². The molecule has 0 saturated heterocycles. The Morgan fingerprint density at radius 3 is 2.69 bits per heavy atom. The van der Waals surface area contributed by atoms with Crippen molar-refractivity contribution < 1.29 is 0 Å². The van der Waals surface area contributed by atoms with Gasteiger partial charge in [-0.25, -0.2) is 4.98 Å². The van der Waals surface area contributed by atoms with Crippen LogP contribution in [-0.4, -0.2) is 4.98 Å². The topological polar surface area (TPSA) is 36.7 Å². The van der Waals surface area contributed by atoms with Crippen molar-refractivity contribution in [2.75, 3.05) is 0 Å². The zero-order valence-electron chi connectivity index (χ0n) is 9.16. The number of nitrogens with zero attached hydrogens (tertiary/aromatic N) is 2. The van der Waals surface area contributed by atoms with Gasteiger partial charge in [0.25, 0.3) is 0 Å². The molecule has 16 heavy (non-hydrogen) atoms. The van der Waals surface area contributed by atoms with E-state index in [0.29, 0.717) is 11.5 Å². The molecule has 0 atom stereocenters. The first-order valence-corrected chi connectivity index (χ1v) is 5.50. The number of aromatic nitrogens is 1. The highest BCUT2D eigenvalue weighted by Gasteiger charge is 2.06. The van der Waals surface area contributed by atoms with E-state index < -0.39 is 0 Å². The van der Waals surface area contributed by atoms with E-state index in [9.17, 15) is 0 Å². The molecule has 2 nitrogen and oxygen atoms in total. The lowest BCUT2D eigenvalue weighted by molar-refractivity contribution is 0.868. The number of rotatable bonds is 1. The van der Waals surface area contributed by atoms with Crippen molar-refractivity contribution in [2.45, 2.75) is 19.8 Å². The van der Waals surface area contributed by atoms with Crippen LogP contribution in [0.3, 0.4) is 0 Å². The third-order valence-corrected chi connectivity index (χ3v) is 2.87. The van der Waals surface area contributed by atoms with E-state index in [-0.39, 0.29) is 5.15 Å². The highest BCUT2D eigenvalue weighted by Crippen LogP contribution is 2.23. The SMILES string of the molecule is CC(C)c1ccc2nc(Cl)c(C#N)cc2c1. The number of halogens is 1. The summed E-state index contributed by atoms with van der Waals surface area (Å²) < 4.78 is 0. The van der Waals surface area contributed by atoms with Gasteiger partial charge in [-0.05, 0) is 29.7 Å². The molecule has 0 aliphatic rings. The molecule has 3 heteroatoms. The minimum absolute atomic E-state index is 0.271. The van der Waals surface area contributed by atoms with Crippen molar-refractivity contribution in [3.8, 4) is 6.07 Å². The molecule has 2 rings (SSSR count). The zero-order chi connectivity index (χ0) is 11.7. The molecule has 0 aliphatic carbocycles. The summed E-state index contributed by atoms with van der Waals surface area (Å²) in [5.41, 5.74) is 2.49. The molecule has 1 aromatic carbocycles. The van der Waals surface area contributed by atoms with E-state index in [1.807, 2.05) is 18.2 Å². The van der Waals surface area contributed by atoms with Crippen molar-refractivity contribution in [3.63, 3.8) is 0 Å². The Bertz CT molecular complexity index is 582. The Morgan fingerprint density at radius 2 is 2.06 bits per heavy atom. The monoisotopic (exact) mass is 230 g/mol. The molecular weight excluding hydrogens is 220 g/mol. The lowest BCUT2D eigenvalue weighted by Gasteiger charge is -2.07. The van der Waals surface area contributed by atoms with E-state index in [1.54, 1.807) is 6.07 Å². The molecule has 2 aromatic rings. The number of hydrogen-bond acceptors (Lipinski definition) is 2. The predicted octanol–water partition coefficient (Wildman–Crippen LogP) is 3.88. The molecule has 0 radical (unpaired) electrons. The lowest BCUT2D eigenvalue weighted by Crippen LogP contribution is -1.90. The smallest absolute Gasteiger partial charge is 0.147 e. The number of fused-ring (bicyclic) bond motifs is 1. The fraction of sp³-hybridized carbons (Fsp3) is 0.231. The minimum atomic E-state index is 0.271. The Morgan fingerprint density at radius 1 is 1.31 bits per heavy atom. The third-order valence-electron chi connectivity index (χ3n) is 2.58. The maximum absolute atomic E-state index is 8.88. The van der Waals surface area contributed by atoms with E-state index >= 15 is 0 Å². The van der Waals surface area contributed by atoms with Crippen LogP contribution < -0.4 is 0 Å². The molecule has 80 valence electrons. The molecule has 0 amide bonds. The molecule has 0 unspecified atom stereocenters. The van der Waals surface area contributed by atoms with Crippen LogP contribution in [-0.2, 0) is 0 Å². The van der Waals surface area contributed by atoms with Crippen LogP contribution in [0.5, 0.6) is 0 Å². The normalized spacial score (nSPS) is 10.7. The van der Waals surface area contributed by atoms with Gasteiger partial charge in [0, 0.05) is 5.39 Å². The highest BCUT2D eigenvalue weighted by atomic mass is 35.5. The summed E-state index contributed by atoms with van der Waals surface area (Å²) in [7, 11) is 0. The molecular formula is C13H11ClN2. The first-order chi connectivity index (χ1) is 7.61. The number of hydrogen-bond donors (Lipinski definition) is 0. The quantitative estimate of drug-likeness (QED) is 0.697. The van der Waals surface area contributed by atoms with Gasteiger partial charge in [0.15, 0.2) is 0 Å². The first-order valence-electron chi connectivity index (χ1n) is 5.12. The van der Waals surface area contributed by atoms with Gasteiger partial charge in [-0.2, -0.15) is 5.26 Å². The number of benzene rings is 1. The van der Waals surface area contributed by atoms with Crippen LogP contribution in [0.2, 0.25) is 5.15 Å². The van der Waals surface area contributed by atoms with Gasteiger partial charge in [0.05, 0.1) is 11.1 Å². The molecule has 0 bridgehead atoms. The summed E-state index contributed by atoms with van der Waals surface area (Å²) in [6.45, 7) is 4.27. The summed E-state index contributed by atoms with van der Waals surface area (Å²) in [5, 5.41) is 10.1. The Labute approximate surface area is 99.5 Å². The minimum Gasteiger partial charge on any atom is -0.235 e.